The van der Waals surface area contributed by atoms with Gasteiger partial charge < -0.3 is 29.5 Å². The number of carbonyl (C=O) groups is 1. The van der Waals surface area contributed by atoms with Gasteiger partial charge in [-0.1, -0.05) is 0 Å². The Morgan fingerprint density at radius 2 is 2.10 bits per heavy atom. The standard InChI is InChI=1S/C28H39N9O5/c1-17(2)36-15-20(32-33-36)18-14-29-37-24(34(6)27(39)42-28(3,4)5)13-23(31-25(18)37)30-19-9-8-11-35(26(19)38)21-10-12-41-16-22(21)40-7/h8-9,11,13-15,17,21-22,32-33H,10,12,16H2,1-7H3,(H,30,31). The Balaban J connectivity index is 1.57. The minimum absolute atomic E-state index is 0.166. The lowest BCUT2D eigenvalue weighted by Crippen LogP contribution is -2.40. The van der Waals surface area contributed by atoms with Crippen LogP contribution in [0.4, 0.5) is 22.1 Å². The zero-order valence-corrected chi connectivity index (χ0v) is 25.0. The molecule has 2 aliphatic rings. The highest BCUT2D eigenvalue weighted by molar-refractivity contribution is 5.88. The van der Waals surface area contributed by atoms with E-state index >= 15 is 0 Å². The largest absolute Gasteiger partial charge is 0.443 e. The van der Waals surface area contributed by atoms with Crippen molar-refractivity contribution in [2.24, 2.45) is 0 Å². The molecule has 1 amide bonds. The molecule has 226 valence electrons. The van der Waals surface area contributed by atoms with E-state index in [2.05, 4.69) is 35.2 Å². The maximum absolute atomic E-state index is 13.6. The molecule has 1 saturated heterocycles. The number of pyridine rings is 1. The van der Waals surface area contributed by atoms with Crippen molar-refractivity contribution in [1.29, 1.82) is 0 Å². The summed E-state index contributed by atoms with van der Waals surface area (Å²) in [5.41, 5.74) is 7.60. The van der Waals surface area contributed by atoms with E-state index in [1.807, 2.05) is 17.3 Å². The number of carbonyl (C=O) groups excluding carboxylic acids is 1. The molecule has 0 radical (unpaired) electrons. The lowest BCUT2D eigenvalue weighted by Gasteiger charge is -2.32. The quantitative estimate of drug-likeness (QED) is 0.379. The van der Waals surface area contributed by atoms with Crippen molar-refractivity contribution in [3.05, 3.63) is 52.7 Å². The highest BCUT2D eigenvalue weighted by atomic mass is 16.6. The maximum atomic E-state index is 13.6. The van der Waals surface area contributed by atoms with E-state index in [1.54, 1.807) is 68.5 Å². The molecule has 5 heterocycles. The van der Waals surface area contributed by atoms with Crippen LogP contribution in [0.3, 0.4) is 0 Å². The van der Waals surface area contributed by atoms with Gasteiger partial charge in [0.15, 0.2) is 5.65 Å². The number of hydrogen-bond acceptors (Lipinski definition) is 11. The van der Waals surface area contributed by atoms with E-state index in [4.69, 9.17) is 19.2 Å². The summed E-state index contributed by atoms with van der Waals surface area (Å²) >= 11 is 0. The fourth-order valence-corrected chi connectivity index (χ4v) is 4.86. The summed E-state index contributed by atoms with van der Waals surface area (Å²) in [5.74, 6) is 0.752. The van der Waals surface area contributed by atoms with Crippen LogP contribution >= 0.6 is 0 Å². The van der Waals surface area contributed by atoms with Crippen LogP contribution in [-0.4, -0.2) is 75.4 Å². The Bertz CT molecular complexity index is 1540. The topological polar surface area (TPSA) is 140 Å². The Morgan fingerprint density at radius 3 is 2.79 bits per heavy atom. The Hall–Kier alpha value is -4.14. The summed E-state index contributed by atoms with van der Waals surface area (Å²) in [6, 6.07) is 5.20. The lowest BCUT2D eigenvalue weighted by atomic mass is 10.1. The molecule has 14 heteroatoms. The highest BCUT2D eigenvalue weighted by Crippen LogP contribution is 2.28. The Kier molecular flexibility index (Phi) is 8.12. The fourth-order valence-electron chi connectivity index (χ4n) is 4.86. The van der Waals surface area contributed by atoms with Crippen LogP contribution in [0.15, 0.2) is 41.6 Å². The predicted octanol–water partition coefficient (Wildman–Crippen LogP) is 3.01. The summed E-state index contributed by atoms with van der Waals surface area (Å²) in [7, 11) is 3.23. The van der Waals surface area contributed by atoms with E-state index < -0.39 is 11.7 Å². The van der Waals surface area contributed by atoms with Crippen LogP contribution in [0.2, 0.25) is 0 Å². The van der Waals surface area contributed by atoms with Crippen LogP contribution in [-0.2, 0) is 14.2 Å². The summed E-state index contributed by atoms with van der Waals surface area (Å²) < 4.78 is 20.0. The van der Waals surface area contributed by atoms with E-state index in [-0.39, 0.29) is 23.7 Å². The number of anilines is 3. The zero-order valence-electron chi connectivity index (χ0n) is 25.0. The first-order valence-electron chi connectivity index (χ1n) is 13.9. The van der Waals surface area contributed by atoms with Crippen molar-refractivity contribution in [3.63, 3.8) is 0 Å². The van der Waals surface area contributed by atoms with Gasteiger partial charge in [0.2, 0.25) is 0 Å². The minimum atomic E-state index is -0.697. The average molecular weight is 582 g/mol. The number of amides is 1. The van der Waals surface area contributed by atoms with E-state index in [0.717, 1.165) is 5.70 Å². The Morgan fingerprint density at radius 1 is 1.31 bits per heavy atom. The first kappa shape index (κ1) is 29.4. The number of hydrogen-bond donors (Lipinski definition) is 3. The molecule has 0 aromatic carbocycles. The summed E-state index contributed by atoms with van der Waals surface area (Å²) in [6.07, 6.45) is 5.21. The van der Waals surface area contributed by atoms with Gasteiger partial charge >= 0.3 is 6.09 Å². The van der Waals surface area contributed by atoms with Crippen molar-refractivity contribution in [2.75, 3.05) is 37.6 Å². The second-order valence-electron chi connectivity index (χ2n) is 11.6. The normalized spacial score (nSPS) is 19.1. The van der Waals surface area contributed by atoms with E-state index in [1.165, 1.54) is 4.90 Å². The van der Waals surface area contributed by atoms with Gasteiger partial charge in [-0.3, -0.25) is 14.7 Å². The second-order valence-corrected chi connectivity index (χ2v) is 11.6. The van der Waals surface area contributed by atoms with Crippen LogP contribution < -0.4 is 26.7 Å². The molecule has 5 rings (SSSR count). The van der Waals surface area contributed by atoms with E-state index in [9.17, 15) is 9.59 Å². The molecule has 42 heavy (non-hydrogen) atoms. The van der Waals surface area contributed by atoms with Crippen molar-refractivity contribution in [2.45, 2.75) is 64.8 Å². The smallest absolute Gasteiger partial charge is 0.415 e. The van der Waals surface area contributed by atoms with Gasteiger partial charge in [0.05, 0.1) is 30.1 Å². The van der Waals surface area contributed by atoms with Gasteiger partial charge in [-0.2, -0.15) is 9.61 Å². The van der Waals surface area contributed by atoms with Crippen LogP contribution in [0.25, 0.3) is 11.3 Å². The zero-order chi connectivity index (χ0) is 30.2. The molecule has 1 fully saturated rings. The number of aromatic nitrogens is 4. The number of methoxy groups -OCH3 is 1. The lowest BCUT2D eigenvalue weighted by molar-refractivity contribution is -0.0609. The summed E-state index contributed by atoms with van der Waals surface area (Å²) in [4.78, 5) is 32.9. The second kappa shape index (κ2) is 11.6. The number of nitrogens with zero attached hydrogens (tertiary/aromatic N) is 6. The molecule has 2 unspecified atom stereocenters. The average Bonchev–Trinajstić information content (AvgIpc) is 3.60. The fraction of sp³-hybridized carbons (Fsp3) is 0.500. The Labute approximate surface area is 244 Å². The molecular weight excluding hydrogens is 542 g/mol. The van der Waals surface area contributed by atoms with Gasteiger partial charge in [-0.15, -0.1) is 5.53 Å². The number of nitrogens with one attached hydrogen (secondary N) is 3. The minimum Gasteiger partial charge on any atom is -0.443 e. The van der Waals surface area contributed by atoms with Crippen molar-refractivity contribution < 1.29 is 19.0 Å². The first-order valence-corrected chi connectivity index (χ1v) is 13.9. The van der Waals surface area contributed by atoms with Gasteiger partial charge in [0.1, 0.15) is 29.0 Å². The number of fused-ring (bicyclic) bond motifs is 1. The van der Waals surface area contributed by atoms with Crippen LogP contribution in [0.5, 0.6) is 0 Å². The molecule has 0 saturated carbocycles. The van der Waals surface area contributed by atoms with Crippen LogP contribution in [0, 0.1) is 0 Å². The number of rotatable bonds is 7. The monoisotopic (exact) mass is 581 g/mol. The SMILES string of the molecule is COC1COCCC1n1cccc(Nc2cc(N(C)C(=O)OC(C)(C)C)n3ncc(C4=CN(C(C)C)NN4)c3n2)c1=O. The number of hydrazine groups is 2. The molecule has 0 spiro atoms. The van der Waals surface area contributed by atoms with Gasteiger partial charge in [0, 0.05) is 45.3 Å². The molecule has 14 nitrogen and oxygen atoms in total. The van der Waals surface area contributed by atoms with E-state index in [0.29, 0.717) is 48.2 Å². The van der Waals surface area contributed by atoms with Crippen molar-refractivity contribution >= 4 is 34.8 Å². The van der Waals surface area contributed by atoms with Crippen LogP contribution in [0.1, 0.15) is 52.6 Å². The molecule has 2 atom stereocenters. The molecule has 0 aliphatic carbocycles. The van der Waals surface area contributed by atoms with Gasteiger partial charge in [0.25, 0.3) is 5.56 Å². The molecule has 2 aliphatic heterocycles. The molecular formula is C28H39N9O5. The molecule has 0 bridgehead atoms. The van der Waals surface area contributed by atoms with Crippen molar-refractivity contribution in [1.82, 2.24) is 35.1 Å². The molecule has 3 aromatic heterocycles. The highest BCUT2D eigenvalue weighted by Gasteiger charge is 2.29. The van der Waals surface area contributed by atoms with Gasteiger partial charge in [-0.05, 0) is 53.2 Å². The summed E-state index contributed by atoms with van der Waals surface area (Å²) in [5, 5.41) is 9.66. The summed E-state index contributed by atoms with van der Waals surface area (Å²) in [6.45, 7) is 10.5. The third-order valence-electron chi connectivity index (χ3n) is 7.06. The predicted molar refractivity (Wildman–Crippen MR) is 158 cm³/mol. The third-order valence-corrected chi connectivity index (χ3v) is 7.06. The molecule has 3 N–H and O–H groups in total. The van der Waals surface area contributed by atoms with Crippen molar-refractivity contribution in [3.8, 4) is 0 Å². The maximum Gasteiger partial charge on any atom is 0.415 e. The first-order chi connectivity index (χ1) is 20.0. The number of ether oxygens (including phenoxy) is 3. The van der Waals surface area contributed by atoms with Gasteiger partial charge in [-0.25, -0.2) is 9.78 Å². The third kappa shape index (κ3) is 5.91. The molecule has 3 aromatic rings.